The van der Waals surface area contributed by atoms with Crippen LogP contribution in [-0.2, 0) is 7.05 Å². The summed E-state index contributed by atoms with van der Waals surface area (Å²) in [6.07, 6.45) is 3.12. The van der Waals surface area contributed by atoms with Crippen LogP contribution in [-0.4, -0.2) is 16.3 Å². The quantitative estimate of drug-likeness (QED) is 0.830. The third-order valence-corrected chi connectivity index (χ3v) is 4.36. The average Bonchev–Trinajstić information content (AvgIpc) is 2.89. The fourth-order valence-corrected chi connectivity index (χ4v) is 3.14. The molecule has 17 heavy (non-hydrogen) atoms. The number of nitrogens with zero attached hydrogens (tertiary/aromatic N) is 2. The Morgan fingerprint density at radius 1 is 1.59 bits per heavy atom. The summed E-state index contributed by atoms with van der Waals surface area (Å²) >= 11 is 4.14. The first-order chi connectivity index (χ1) is 8.20. The molecule has 0 spiro atoms. The Morgan fingerprint density at radius 3 is 2.94 bits per heavy atom. The molecule has 2 heterocycles. The lowest BCUT2D eigenvalue weighted by molar-refractivity contribution is 0.576. The van der Waals surface area contributed by atoms with Crippen molar-refractivity contribution in [3.05, 3.63) is 37.9 Å². The Kier molecular flexibility index (Phi) is 4.58. The second kappa shape index (κ2) is 5.97. The van der Waals surface area contributed by atoms with Gasteiger partial charge in [-0.15, -0.1) is 11.3 Å². The molecule has 1 atom stereocenters. The van der Waals surface area contributed by atoms with Crippen LogP contribution in [0.15, 0.2) is 23.7 Å². The van der Waals surface area contributed by atoms with Crippen molar-refractivity contribution >= 4 is 33.9 Å². The Labute approximate surface area is 119 Å². The fraction of sp³-hybridized carbons (Fsp3) is 0.417. The van der Waals surface area contributed by atoms with Gasteiger partial charge in [0, 0.05) is 13.2 Å². The van der Waals surface area contributed by atoms with Crippen LogP contribution in [0.3, 0.4) is 0 Å². The molecule has 2 rings (SSSR count). The van der Waals surface area contributed by atoms with Gasteiger partial charge in [0.2, 0.25) is 0 Å². The van der Waals surface area contributed by atoms with Gasteiger partial charge in [-0.1, -0.05) is 6.92 Å². The minimum atomic E-state index is 0.218. The molecule has 92 valence electrons. The van der Waals surface area contributed by atoms with Gasteiger partial charge in [-0.25, -0.2) is 0 Å². The molecule has 0 saturated carbocycles. The van der Waals surface area contributed by atoms with E-state index in [0.717, 1.165) is 18.7 Å². The van der Waals surface area contributed by atoms with Crippen LogP contribution in [0.4, 0.5) is 0 Å². The van der Waals surface area contributed by atoms with Crippen molar-refractivity contribution in [3.8, 4) is 0 Å². The zero-order valence-electron chi connectivity index (χ0n) is 9.98. The zero-order chi connectivity index (χ0) is 12.3. The van der Waals surface area contributed by atoms with Gasteiger partial charge in [-0.05, 0) is 58.6 Å². The second-order valence-electron chi connectivity index (χ2n) is 3.99. The van der Waals surface area contributed by atoms with Crippen LogP contribution >= 0.6 is 33.9 Å². The molecule has 0 bridgehead atoms. The fourth-order valence-electron chi connectivity index (χ4n) is 1.74. The molecule has 0 radical (unpaired) electrons. The number of aromatic nitrogens is 2. The number of aryl methyl sites for hydroxylation is 1. The van der Waals surface area contributed by atoms with E-state index in [1.807, 2.05) is 17.9 Å². The highest BCUT2D eigenvalue weighted by atomic mass is 127. The minimum absolute atomic E-state index is 0.218. The molecule has 1 unspecified atom stereocenters. The van der Waals surface area contributed by atoms with Crippen molar-refractivity contribution in [2.24, 2.45) is 7.05 Å². The molecule has 0 aliphatic heterocycles. The van der Waals surface area contributed by atoms with E-state index in [0.29, 0.717) is 0 Å². The first-order valence-electron chi connectivity index (χ1n) is 5.67. The summed E-state index contributed by atoms with van der Waals surface area (Å²) in [5.74, 6) is 0. The predicted octanol–water partition coefficient (Wildman–Crippen LogP) is 3.18. The van der Waals surface area contributed by atoms with E-state index in [9.17, 15) is 0 Å². The first-order valence-corrected chi connectivity index (χ1v) is 7.63. The Bertz CT molecular complexity index is 437. The highest BCUT2D eigenvalue weighted by molar-refractivity contribution is 14.1. The molecule has 5 heteroatoms. The van der Waals surface area contributed by atoms with E-state index in [2.05, 4.69) is 57.4 Å². The minimum Gasteiger partial charge on any atom is -0.305 e. The third kappa shape index (κ3) is 3.29. The van der Waals surface area contributed by atoms with Crippen molar-refractivity contribution in [1.82, 2.24) is 15.1 Å². The molecule has 0 fully saturated rings. The molecule has 1 N–H and O–H groups in total. The number of halogens is 1. The lowest BCUT2D eigenvalue weighted by Crippen LogP contribution is -2.23. The van der Waals surface area contributed by atoms with Crippen molar-refractivity contribution in [2.45, 2.75) is 19.4 Å². The summed E-state index contributed by atoms with van der Waals surface area (Å²) in [7, 11) is 1.96. The number of nitrogens with one attached hydrogen (secondary N) is 1. The average molecular weight is 361 g/mol. The van der Waals surface area contributed by atoms with E-state index >= 15 is 0 Å². The van der Waals surface area contributed by atoms with Gasteiger partial charge < -0.3 is 5.32 Å². The molecular formula is C12H16IN3S. The number of rotatable bonds is 5. The van der Waals surface area contributed by atoms with E-state index < -0.39 is 0 Å². The maximum absolute atomic E-state index is 4.51. The second-order valence-corrected chi connectivity index (χ2v) is 6.79. The number of hydrogen-bond donors (Lipinski definition) is 1. The molecule has 0 aliphatic rings. The Balaban J connectivity index is 2.24. The highest BCUT2D eigenvalue weighted by Crippen LogP contribution is 2.26. The van der Waals surface area contributed by atoms with Crippen LogP contribution in [0, 0.1) is 2.88 Å². The largest absolute Gasteiger partial charge is 0.305 e. The predicted molar refractivity (Wildman–Crippen MR) is 80.4 cm³/mol. The maximum Gasteiger partial charge on any atom is 0.0839 e. The normalized spacial score (nSPS) is 12.9. The van der Waals surface area contributed by atoms with Gasteiger partial charge in [0.25, 0.3) is 0 Å². The van der Waals surface area contributed by atoms with Crippen LogP contribution in [0.25, 0.3) is 0 Å². The topological polar surface area (TPSA) is 29.9 Å². The van der Waals surface area contributed by atoms with Crippen molar-refractivity contribution in [1.29, 1.82) is 0 Å². The van der Waals surface area contributed by atoms with Gasteiger partial charge in [-0.3, -0.25) is 4.68 Å². The van der Waals surface area contributed by atoms with Crippen LogP contribution < -0.4 is 5.32 Å². The maximum atomic E-state index is 4.51. The molecule has 0 aromatic carbocycles. The lowest BCUT2D eigenvalue weighted by atomic mass is 10.1. The standard InChI is InChI=1S/C12H16IN3S/c1-3-5-14-12(9-7-11(13)17-8-9)10-4-6-16(2)15-10/h4,6-8,12,14H,3,5H2,1-2H3. The highest BCUT2D eigenvalue weighted by Gasteiger charge is 2.16. The lowest BCUT2D eigenvalue weighted by Gasteiger charge is -2.15. The summed E-state index contributed by atoms with van der Waals surface area (Å²) in [5.41, 5.74) is 2.40. The van der Waals surface area contributed by atoms with Crippen LogP contribution in [0.5, 0.6) is 0 Å². The van der Waals surface area contributed by atoms with E-state index in [4.69, 9.17) is 0 Å². The molecule has 2 aromatic heterocycles. The van der Waals surface area contributed by atoms with Gasteiger partial charge in [0.1, 0.15) is 0 Å². The van der Waals surface area contributed by atoms with E-state index in [1.54, 1.807) is 11.3 Å². The van der Waals surface area contributed by atoms with E-state index in [-0.39, 0.29) is 6.04 Å². The molecule has 2 aromatic rings. The Hall–Kier alpha value is -0.400. The molecular weight excluding hydrogens is 345 g/mol. The summed E-state index contributed by atoms with van der Waals surface area (Å²) in [4.78, 5) is 0. The van der Waals surface area contributed by atoms with Gasteiger partial charge in [-0.2, -0.15) is 5.10 Å². The van der Waals surface area contributed by atoms with Crippen molar-refractivity contribution in [2.75, 3.05) is 6.54 Å². The Morgan fingerprint density at radius 2 is 2.41 bits per heavy atom. The SMILES string of the molecule is CCCNC(c1csc(I)c1)c1ccn(C)n1. The van der Waals surface area contributed by atoms with Crippen molar-refractivity contribution in [3.63, 3.8) is 0 Å². The zero-order valence-corrected chi connectivity index (χ0v) is 13.0. The number of thiophene rings is 1. The summed E-state index contributed by atoms with van der Waals surface area (Å²) < 4.78 is 3.17. The monoisotopic (exact) mass is 361 g/mol. The number of hydrogen-bond acceptors (Lipinski definition) is 3. The van der Waals surface area contributed by atoms with Gasteiger partial charge in [0.05, 0.1) is 14.6 Å². The van der Waals surface area contributed by atoms with Crippen LogP contribution in [0.1, 0.15) is 30.6 Å². The third-order valence-electron chi connectivity index (χ3n) is 2.55. The molecule has 3 nitrogen and oxygen atoms in total. The molecule has 0 saturated heterocycles. The van der Waals surface area contributed by atoms with E-state index in [1.165, 1.54) is 8.45 Å². The smallest absolute Gasteiger partial charge is 0.0839 e. The summed E-state index contributed by atoms with van der Waals surface area (Å²) in [5, 5.41) is 10.3. The van der Waals surface area contributed by atoms with Gasteiger partial charge >= 0.3 is 0 Å². The summed E-state index contributed by atoms with van der Waals surface area (Å²) in [6.45, 7) is 3.19. The van der Waals surface area contributed by atoms with Gasteiger partial charge in [0.15, 0.2) is 0 Å². The summed E-state index contributed by atoms with van der Waals surface area (Å²) in [6, 6.07) is 4.53. The molecule has 0 aliphatic carbocycles. The van der Waals surface area contributed by atoms with Crippen LogP contribution in [0.2, 0.25) is 0 Å². The first kappa shape index (κ1) is 13.0. The molecule has 0 amide bonds. The van der Waals surface area contributed by atoms with Crippen molar-refractivity contribution < 1.29 is 0 Å².